The van der Waals surface area contributed by atoms with Gasteiger partial charge in [-0.05, 0) is 54.8 Å². The van der Waals surface area contributed by atoms with Gasteiger partial charge in [0.25, 0.3) is 5.22 Å². The largest absolute Gasteiger partial charge is 0.497 e. The first kappa shape index (κ1) is 19.0. The molecule has 0 fully saturated rings. The molecule has 6 nitrogen and oxygen atoms in total. The van der Waals surface area contributed by atoms with Crippen LogP contribution in [-0.2, 0) is 11.3 Å². The van der Waals surface area contributed by atoms with Gasteiger partial charge in [0.1, 0.15) is 5.75 Å². The van der Waals surface area contributed by atoms with Crippen LogP contribution in [0.3, 0.4) is 0 Å². The number of amides is 1. The summed E-state index contributed by atoms with van der Waals surface area (Å²) in [6, 6.07) is 13.5. The Bertz CT molecular complexity index is 922. The van der Waals surface area contributed by atoms with Crippen molar-refractivity contribution in [2.45, 2.75) is 25.6 Å². The second-order valence-electron chi connectivity index (χ2n) is 6.09. The Kier molecular flexibility index (Phi) is 6.13. The Balaban J connectivity index is 1.50. The zero-order chi connectivity index (χ0) is 19.2. The molecule has 0 aliphatic heterocycles. The van der Waals surface area contributed by atoms with Gasteiger partial charge in [0.15, 0.2) is 0 Å². The van der Waals surface area contributed by atoms with Crippen LogP contribution < -0.4 is 10.1 Å². The zero-order valence-electron chi connectivity index (χ0n) is 15.5. The van der Waals surface area contributed by atoms with Crippen molar-refractivity contribution >= 4 is 17.7 Å². The maximum absolute atomic E-state index is 12.0. The van der Waals surface area contributed by atoms with Gasteiger partial charge >= 0.3 is 0 Å². The van der Waals surface area contributed by atoms with Crippen molar-refractivity contribution in [2.75, 3.05) is 12.9 Å². The predicted octanol–water partition coefficient (Wildman–Crippen LogP) is 3.77. The number of ether oxygens (including phenoxy) is 1. The van der Waals surface area contributed by atoms with Crippen LogP contribution >= 0.6 is 11.8 Å². The lowest BCUT2D eigenvalue weighted by Crippen LogP contribution is -2.24. The second-order valence-corrected chi connectivity index (χ2v) is 7.01. The molecule has 1 amide bonds. The molecule has 0 saturated carbocycles. The van der Waals surface area contributed by atoms with Crippen molar-refractivity contribution in [3.63, 3.8) is 0 Å². The van der Waals surface area contributed by atoms with Gasteiger partial charge in [-0.2, -0.15) is 0 Å². The van der Waals surface area contributed by atoms with Crippen molar-refractivity contribution in [1.82, 2.24) is 15.5 Å². The molecule has 140 valence electrons. The van der Waals surface area contributed by atoms with Gasteiger partial charge in [0.2, 0.25) is 11.8 Å². The lowest BCUT2D eigenvalue weighted by atomic mass is 10.1. The van der Waals surface area contributed by atoms with E-state index in [1.54, 1.807) is 7.11 Å². The van der Waals surface area contributed by atoms with Crippen molar-refractivity contribution in [3.8, 4) is 17.2 Å². The first-order valence-corrected chi connectivity index (χ1v) is 9.47. The van der Waals surface area contributed by atoms with E-state index in [1.807, 2.05) is 49.4 Å². The molecule has 0 radical (unpaired) electrons. The summed E-state index contributed by atoms with van der Waals surface area (Å²) >= 11 is 1.22. The Morgan fingerprint density at radius 3 is 2.59 bits per heavy atom. The number of methoxy groups -OCH3 is 1. The van der Waals surface area contributed by atoms with Crippen molar-refractivity contribution in [3.05, 3.63) is 59.2 Å². The van der Waals surface area contributed by atoms with E-state index in [0.717, 1.165) is 22.4 Å². The molecule has 0 unspecified atom stereocenters. The van der Waals surface area contributed by atoms with Crippen LogP contribution in [0.4, 0.5) is 0 Å². The van der Waals surface area contributed by atoms with E-state index in [4.69, 9.17) is 9.15 Å². The summed E-state index contributed by atoms with van der Waals surface area (Å²) in [5, 5.41) is 11.3. The molecule has 7 heteroatoms. The molecule has 0 atom stereocenters. The summed E-state index contributed by atoms with van der Waals surface area (Å²) in [7, 11) is 1.62. The number of nitrogens with one attached hydrogen (secondary N) is 1. The summed E-state index contributed by atoms with van der Waals surface area (Å²) in [5.41, 5.74) is 4.25. The minimum absolute atomic E-state index is 0.0956. The number of carbonyl (C=O) groups is 1. The molecule has 27 heavy (non-hydrogen) atoms. The van der Waals surface area contributed by atoms with Crippen LogP contribution in [0.25, 0.3) is 11.5 Å². The van der Waals surface area contributed by atoms with Gasteiger partial charge in [0.05, 0.1) is 12.9 Å². The Morgan fingerprint density at radius 1 is 1.11 bits per heavy atom. The van der Waals surface area contributed by atoms with Gasteiger partial charge in [-0.25, -0.2) is 0 Å². The molecule has 0 aliphatic rings. The molecule has 0 spiro atoms. The number of hydrogen-bond acceptors (Lipinski definition) is 6. The number of carbonyl (C=O) groups excluding carboxylic acids is 1. The first-order valence-electron chi connectivity index (χ1n) is 8.48. The van der Waals surface area contributed by atoms with E-state index in [0.29, 0.717) is 17.7 Å². The minimum Gasteiger partial charge on any atom is -0.497 e. The van der Waals surface area contributed by atoms with Crippen LogP contribution in [0.2, 0.25) is 0 Å². The van der Waals surface area contributed by atoms with E-state index in [-0.39, 0.29) is 11.7 Å². The van der Waals surface area contributed by atoms with Crippen LogP contribution in [0.15, 0.2) is 52.1 Å². The Hall–Kier alpha value is -2.80. The number of benzene rings is 2. The van der Waals surface area contributed by atoms with Crippen molar-refractivity contribution < 1.29 is 13.9 Å². The maximum Gasteiger partial charge on any atom is 0.277 e. The molecular weight excluding hydrogens is 362 g/mol. The molecule has 2 aromatic carbocycles. The van der Waals surface area contributed by atoms with Gasteiger partial charge in [-0.1, -0.05) is 30.0 Å². The maximum atomic E-state index is 12.0. The average Bonchev–Trinajstić information content (AvgIpc) is 3.16. The van der Waals surface area contributed by atoms with E-state index in [9.17, 15) is 4.79 Å². The number of thioether (sulfide) groups is 1. The van der Waals surface area contributed by atoms with E-state index < -0.39 is 0 Å². The van der Waals surface area contributed by atoms with E-state index >= 15 is 0 Å². The number of aryl methyl sites for hydroxylation is 2. The smallest absolute Gasteiger partial charge is 0.277 e. The summed E-state index contributed by atoms with van der Waals surface area (Å²) in [4.78, 5) is 12.0. The molecule has 3 aromatic rings. The Morgan fingerprint density at radius 2 is 1.89 bits per heavy atom. The van der Waals surface area contributed by atoms with Gasteiger partial charge in [0, 0.05) is 12.1 Å². The molecule has 3 rings (SSSR count). The SMILES string of the molecule is COc1ccc(CNC(=O)CSc2nnc(-c3ccc(C)c(C)c3)o2)cc1. The normalized spacial score (nSPS) is 10.6. The zero-order valence-corrected chi connectivity index (χ0v) is 16.3. The predicted molar refractivity (Wildman–Crippen MR) is 105 cm³/mol. The van der Waals surface area contributed by atoms with Crippen LogP contribution in [-0.4, -0.2) is 29.0 Å². The van der Waals surface area contributed by atoms with Crippen LogP contribution in [0.5, 0.6) is 5.75 Å². The molecule has 1 aromatic heterocycles. The number of hydrogen-bond donors (Lipinski definition) is 1. The highest BCUT2D eigenvalue weighted by Crippen LogP contribution is 2.24. The van der Waals surface area contributed by atoms with Gasteiger partial charge in [-0.15, -0.1) is 10.2 Å². The fourth-order valence-electron chi connectivity index (χ4n) is 2.38. The molecule has 1 heterocycles. The number of rotatable bonds is 7. The standard InChI is InChI=1S/C20H21N3O3S/c1-13-4-7-16(10-14(13)2)19-22-23-20(26-19)27-12-18(24)21-11-15-5-8-17(25-3)9-6-15/h4-10H,11-12H2,1-3H3,(H,21,24). The monoisotopic (exact) mass is 383 g/mol. The number of nitrogens with zero attached hydrogens (tertiary/aromatic N) is 2. The third-order valence-corrected chi connectivity index (χ3v) is 4.95. The summed E-state index contributed by atoms with van der Waals surface area (Å²) < 4.78 is 10.8. The third-order valence-electron chi connectivity index (χ3n) is 4.14. The van der Waals surface area contributed by atoms with Gasteiger partial charge in [-0.3, -0.25) is 4.79 Å². The minimum atomic E-state index is -0.0956. The van der Waals surface area contributed by atoms with Crippen LogP contribution in [0, 0.1) is 13.8 Å². The highest BCUT2D eigenvalue weighted by Gasteiger charge is 2.12. The highest BCUT2D eigenvalue weighted by atomic mass is 32.2. The number of aromatic nitrogens is 2. The topological polar surface area (TPSA) is 77.2 Å². The lowest BCUT2D eigenvalue weighted by Gasteiger charge is -2.05. The summed E-state index contributed by atoms with van der Waals surface area (Å²) in [5.74, 6) is 1.36. The average molecular weight is 383 g/mol. The van der Waals surface area contributed by atoms with Crippen molar-refractivity contribution in [2.24, 2.45) is 0 Å². The quantitative estimate of drug-likeness (QED) is 0.626. The molecule has 0 bridgehead atoms. The van der Waals surface area contributed by atoms with Gasteiger partial charge < -0.3 is 14.5 Å². The molecular formula is C20H21N3O3S. The fourth-order valence-corrected chi connectivity index (χ4v) is 2.97. The van der Waals surface area contributed by atoms with E-state index in [2.05, 4.69) is 22.4 Å². The molecule has 0 aliphatic carbocycles. The summed E-state index contributed by atoms with van der Waals surface area (Å²) in [6.45, 7) is 4.55. The van der Waals surface area contributed by atoms with Crippen LogP contribution in [0.1, 0.15) is 16.7 Å². The summed E-state index contributed by atoms with van der Waals surface area (Å²) in [6.07, 6.45) is 0. The second kappa shape index (κ2) is 8.73. The lowest BCUT2D eigenvalue weighted by molar-refractivity contribution is -0.118. The van der Waals surface area contributed by atoms with E-state index in [1.165, 1.54) is 17.3 Å². The fraction of sp³-hybridized carbons (Fsp3) is 0.250. The first-order chi connectivity index (χ1) is 13.0. The third kappa shape index (κ3) is 5.10. The highest BCUT2D eigenvalue weighted by molar-refractivity contribution is 7.99. The van der Waals surface area contributed by atoms with Crippen molar-refractivity contribution in [1.29, 1.82) is 0 Å². The molecule has 0 saturated heterocycles. The molecule has 1 N–H and O–H groups in total. The Labute approximate surface area is 162 Å².